The zero-order valence-corrected chi connectivity index (χ0v) is 11.3. The topological polar surface area (TPSA) is 81.7 Å². The highest BCUT2D eigenvalue weighted by molar-refractivity contribution is 5.75. The molecule has 0 aliphatic heterocycles. The van der Waals surface area contributed by atoms with Gasteiger partial charge in [-0.15, -0.1) is 0 Å². The van der Waals surface area contributed by atoms with Gasteiger partial charge in [0.15, 0.2) is 0 Å². The first-order chi connectivity index (χ1) is 8.38. The largest absolute Gasteiger partial charge is 0.481 e. The van der Waals surface area contributed by atoms with Gasteiger partial charge in [-0.05, 0) is 40.3 Å². The van der Waals surface area contributed by atoms with Crippen molar-refractivity contribution in [2.75, 3.05) is 20.6 Å². The van der Waals surface area contributed by atoms with Crippen LogP contribution in [-0.4, -0.2) is 54.7 Å². The molecule has 0 bridgehead atoms. The number of hydrogen-bond acceptors (Lipinski definition) is 3. The van der Waals surface area contributed by atoms with Gasteiger partial charge in [0.25, 0.3) is 0 Å². The number of likely N-dealkylation sites (N-methyl/N-ethyl adjacent to an activating group) is 1. The Kier molecular flexibility index (Phi) is 5.40. The Morgan fingerprint density at radius 2 is 2.06 bits per heavy atom. The van der Waals surface area contributed by atoms with Gasteiger partial charge < -0.3 is 20.6 Å². The smallest absolute Gasteiger partial charge is 0.315 e. The van der Waals surface area contributed by atoms with Crippen molar-refractivity contribution in [3.63, 3.8) is 0 Å². The van der Waals surface area contributed by atoms with E-state index in [2.05, 4.69) is 10.6 Å². The molecule has 0 aromatic carbocycles. The van der Waals surface area contributed by atoms with Crippen molar-refractivity contribution in [1.29, 1.82) is 0 Å². The summed E-state index contributed by atoms with van der Waals surface area (Å²) in [6.45, 7) is 2.71. The van der Waals surface area contributed by atoms with Gasteiger partial charge in [0, 0.05) is 18.6 Å². The zero-order chi connectivity index (χ0) is 13.7. The van der Waals surface area contributed by atoms with E-state index in [4.69, 9.17) is 5.11 Å². The fourth-order valence-electron chi connectivity index (χ4n) is 2.38. The summed E-state index contributed by atoms with van der Waals surface area (Å²) in [7, 11) is 3.90. The molecule has 1 aliphatic carbocycles. The summed E-state index contributed by atoms with van der Waals surface area (Å²) in [5.41, 5.74) is 0. The molecular formula is C12H23N3O3. The fraction of sp³-hybridized carbons (Fsp3) is 0.833. The molecule has 0 heterocycles. The van der Waals surface area contributed by atoms with Crippen molar-refractivity contribution in [1.82, 2.24) is 15.5 Å². The maximum Gasteiger partial charge on any atom is 0.315 e. The summed E-state index contributed by atoms with van der Waals surface area (Å²) in [4.78, 5) is 24.5. The quantitative estimate of drug-likeness (QED) is 0.669. The van der Waals surface area contributed by atoms with E-state index in [0.717, 1.165) is 13.0 Å². The van der Waals surface area contributed by atoms with Crippen LogP contribution in [0, 0.1) is 5.92 Å². The number of amides is 2. The molecule has 0 aromatic rings. The molecule has 1 unspecified atom stereocenters. The second-order valence-corrected chi connectivity index (χ2v) is 5.33. The number of carbonyl (C=O) groups is 2. The molecule has 1 aliphatic rings. The second kappa shape index (κ2) is 6.58. The predicted octanol–water partition coefficient (Wildman–Crippen LogP) is 0.489. The van der Waals surface area contributed by atoms with E-state index in [9.17, 15) is 9.59 Å². The summed E-state index contributed by atoms with van der Waals surface area (Å²) in [6.07, 6.45) is 1.92. The van der Waals surface area contributed by atoms with Crippen LogP contribution >= 0.6 is 0 Å². The van der Waals surface area contributed by atoms with Crippen LogP contribution in [-0.2, 0) is 4.79 Å². The van der Waals surface area contributed by atoms with Crippen LogP contribution in [0.4, 0.5) is 4.79 Å². The van der Waals surface area contributed by atoms with E-state index in [0.29, 0.717) is 12.8 Å². The third-order valence-corrected chi connectivity index (χ3v) is 3.13. The van der Waals surface area contributed by atoms with Crippen LogP contribution < -0.4 is 10.6 Å². The van der Waals surface area contributed by atoms with Crippen LogP contribution in [0.5, 0.6) is 0 Å². The van der Waals surface area contributed by atoms with Gasteiger partial charge in [0.1, 0.15) is 0 Å². The number of rotatable bonds is 5. The first-order valence-electron chi connectivity index (χ1n) is 6.33. The average Bonchev–Trinajstić information content (AvgIpc) is 2.63. The minimum Gasteiger partial charge on any atom is -0.481 e. The normalized spacial score (nSPS) is 24.9. The van der Waals surface area contributed by atoms with Crippen LogP contribution in [0.2, 0.25) is 0 Å². The molecule has 1 fully saturated rings. The lowest BCUT2D eigenvalue weighted by molar-refractivity contribution is -0.141. The Labute approximate surface area is 108 Å². The van der Waals surface area contributed by atoms with E-state index in [1.165, 1.54) is 0 Å². The van der Waals surface area contributed by atoms with Crippen molar-refractivity contribution >= 4 is 12.0 Å². The third-order valence-electron chi connectivity index (χ3n) is 3.13. The van der Waals surface area contributed by atoms with E-state index in [1.54, 1.807) is 0 Å². The van der Waals surface area contributed by atoms with Crippen molar-refractivity contribution in [2.45, 2.75) is 38.3 Å². The van der Waals surface area contributed by atoms with Gasteiger partial charge in [-0.25, -0.2) is 4.79 Å². The van der Waals surface area contributed by atoms with Gasteiger partial charge in [-0.2, -0.15) is 0 Å². The number of nitrogens with one attached hydrogen (secondary N) is 2. The Bertz CT molecular complexity index is 307. The van der Waals surface area contributed by atoms with Gasteiger partial charge >= 0.3 is 12.0 Å². The molecule has 2 amide bonds. The Balaban J connectivity index is 2.27. The van der Waals surface area contributed by atoms with Crippen LogP contribution in [0.1, 0.15) is 26.2 Å². The highest BCUT2D eigenvalue weighted by Gasteiger charge is 2.30. The third kappa shape index (κ3) is 4.91. The molecule has 104 valence electrons. The molecule has 0 aromatic heterocycles. The maximum atomic E-state index is 11.7. The Morgan fingerprint density at radius 3 is 2.56 bits per heavy atom. The highest BCUT2D eigenvalue weighted by atomic mass is 16.4. The van der Waals surface area contributed by atoms with Crippen LogP contribution in [0.15, 0.2) is 0 Å². The van der Waals surface area contributed by atoms with Gasteiger partial charge in [0.05, 0.1) is 5.92 Å². The highest BCUT2D eigenvalue weighted by Crippen LogP contribution is 2.25. The fourth-order valence-corrected chi connectivity index (χ4v) is 2.38. The number of carboxylic acids is 1. The average molecular weight is 257 g/mol. The van der Waals surface area contributed by atoms with Crippen molar-refractivity contribution in [2.24, 2.45) is 5.92 Å². The Hall–Kier alpha value is -1.30. The predicted molar refractivity (Wildman–Crippen MR) is 68.4 cm³/mol. The summed E-state index contributed by atoms with van der Waals surface area (Å²) < 4.78 is 0. The molecule has 3 N–H and O–H groups in total. The first kappa shape index (κ1) is 14.8. The van der Waals surface area contributed by atoms with Crippen molar-refractivity contribution < 1.29 is 14.7 Å². The molecule has 6 nitrogen and oxygen atoms in total. The molecule has 3 atom stereocenters. The van der Waals surface area contributed by atoms with E-state index in [-0.39, 0.29) is 24.0 Å². The first-order valence-corrected chi connectivity index (χ1v) is 6.33. The lowest BCUT2D eigenvalue weighted by Crippen LogP contribution is -2.47. The minimum absolute atomic E-state index is 0.0161. The number of carbonyl (C=O) groups excluding carboxylic acids is 1. The summed E-state index contributed by atoms with van der Waals surface area (Å²) in [5.74, 6) is -1.07. The van der Waals surface area contributed by atoms with Crippen LogP contribution in [0.3, 0.4) is 0 Å². The summed E-state index contributed by atoms with van der Waals surface area (Å²) in [5, 5.41) is 14.6. The lowest BCUT2D eigenvalue weighted by atomic mass is 10.1. The summed E-state index contributed by atoms with van der Waals surface area (Å²) >= 11 is 0. The van der Waals surface area contributed by atoms with Gasteiger partial charge in [0.2, 0.25) is 0 Å². The van der Waals surface area contributed by atoms with E-state index < -0.39 is 5.97 Å². The number of nitrogens with zero attached hydrogens (tertiary/aromatic N) is 1. The van der Waals surface area contributed by atoms with Crippen molar-refractivity contribution in [3.8, 4) is 0 Å². The van der Waals surface area contributed by atoms with Crippen molar-refractivity contribution in [3.05, 3.63) is 0 Å². The van der Waals surface area contributed by atoms with E-state index in [1.807, 2.05) is 25.9 Å². The van der Waals surface area contributed by atoms with Crippen LogP contribution in [0.25, 0.3) is 0 Å². The molecule has 18 heavy (non-hydrogen) atoms. The van der Waals surface area contributed by atoms with Gasteiger partial charge in [-0.1, -0.05) is 0 Å². The molecule has 1 rings (SSSR count). The van der Waals surface area contributed by atoms with Gasteiger partial charge in [-0.3, -0.25) is 4.79 Å². The summed E-state index contributed by atoms with van der Waals surface area (Å²) in [6, 6.07) is -0.158. The number of carboxylic acid groups (broad SMARTS) is 1. The molecular weight excluding hydrogens is 234 g/mol. The number of hydrogen-bond donors (Lipinski definition) is 3. The second-order valence-electron chi connectivity index (χ2n) is 5.33. The standard InChI is InChI=1S/C12H23N3O3/c1-8(7-15(2)3)13-12(18)14-10-5-4-9(6-10)11(16)17/h8-10H,4-7H2,1-3H3,(H,16,17)(H2,13,14,18)/t8?,9-,10+/m1/s1. The molecule has 1 saturated carbocycles. The number of urea groups is 1. The number of aliphatic carboxylic acids is 1. The lowest BCUT2D eigenvalue weighted by Gasteiger charge is -2.20. The molecule has 6 heteroatoms. The monoisotopic (exact) mass is 257 g/mol. The zero-order valence-electron chi connectivity index (χ0n) is 11.3. The molecule has 0 radical (unpaired) electrons. The molecule has 0 saturated heterocycles. The van der Waals surface area contributed by atoms with E-state index >= 15 is 0 Å². The maximum absolute atomic E-state index is 11.7. The minimum atomic E-state index is -0.763. The Morgan fingerprint density at radius 1 is 1.39 bits per heavy atom. The SMILES string of the molecule is CC(CN(C)C)NC(=O)N[C@H]1CC[C@@H](C(=O)O)C1. The molecule has 0 spiro atoms.